The zero-order chi connectivity index (χ0) is 11.9. The second-order valence-corrected chi connectivity index (χ2v) is 4.45. The fourth-order valence-electron chi connectivity index (χ4n) is 2.26. The lowest BCUT2D eigenvalue weighted by Gasteiger charge is -2.17. The second kappa shape index (κ2) is 3.51. The lowest BCUT2D eigenvalue weighted by molar-refractivity contribution is -0.140. The van der Waals surface area contributed by atoms with Crippen molar-refractivity contribution in [3.05, 3.63) is 28.8 Å². The molecule has 0 amide bonds. The zero-order valence-electron chi connectivity index (χ0n) is 9.83. The first kappa shape index (κ1) is 11.0. The molecule has 1 aromatic carbocycles. The van der Waals surface area contributed by atoms with E-state index < -0.39 is 11.4 Å². The minimum atomic E-state index is -0.708. The molecule has 0 heterocycles. The molecule has 86 valence electrons. The van der Waals surface area contributed by atoms with Gasteiger partial charge >= 0.3 is 5.97 Å². The Kier molecular flexibility index (Phi) is 2.41. The van der Waals surface area contributed by atoms with Gasteiger partial charge in [0.1, 0.15) is 5.75 Å². The number of aliphatic carboxylic acids is 1. The van der Waals surface area contributed by atoms with E-state index in [1.807, 2.05) is 26.0 Å². The van der Waals surface area contributed by atoms with Gasteiger partial charge in [-0.1, -0.05) is 6.07 Å². The molecule has 0 radical (unpaired) electrons. The molecule has 0 bridgehead atoms. The molecule has 1 aliphatic rings. The van der Waals surface area contributed by atoms with Crippen LogP contribution in [-0.2, 0) is 10.2 Å². The maximum absolute atomic E-state index is 11.3. The Labute approximate surface area is 95.0 Å². The molecular weight excluding hydrogens is 204 g/mol. The molecule has 3 heteroatoms. The van der Waals surface area contributed by atoms with Crippen molar-refractivity contribution in [3.63, 3.8) is 0 Å². The summed E-state index contributed by atoms with van der Waals surface area (Å²) < 4.78 is 5.23. The van der Waals surface area contributed by atoms with Crippen molar-refractivity contribution >= 4 is 5.97 Å². The minimum absolute atomic E-state index is 0.624. The van der Waals surface area contributed by atoms with Crippen LogP contribution in [0.1, 0.15) is 29.5 Å². The summed E-state index contributed by atoms with van der Waals surface area (Å²) in [5, 5.41) is 9.27. The number of rotatable bonds is 3. The Balaban J connectivity index is 2.52. The summed E-state index contributed by atoms with van der Waals surface area (Å²) >= 11 is 0. The number of carboxylic acid groups (broad SMARTS) is 1. The van der Waals surface area contributed by atoms with E-state index in [0.717, 1.165) is 35.3 Å². The van der Waals surface area contributed by atoms with Crippen LogP contribution in [0.15, 0.2) is 12.1 Å². The summed E-state index contributed by atoms with van der Waals surface area (Å²) in [5.41, 5.74) is 2.39. The molecular formula is C13H16O3. The van der Waals surface area contributed by atoms with Crippen LogP contribution in [0, 0.1) is 13.8 Å². The molecule has 16 heavy (non-hydrogen) atoms. The number of hydrogen-bond donors (Lipinski definition) is 1. The van der Waals surface area contributed by atoms with E-state index in [9.17, 15) is 9.90 Å². The number of ether oxygens (including phenoxy) is 1. The average molecular weight is 220 g/mol. The van der Waals surface area contributed by atoms with Gasteiger partial charge in [0, 0.05) is 0 Å². The largest absolute Gasteiger partial charge is 0.496 e. The van der Waals surface area contributed by atoms with Gasteiger partial charge in [-0.2, -0.15) is 0 Å². The van der Waals surface area contributed by atoms with Crippen LogP contribution in [0.2, 0.25) is 0 Å². The Morgan fingerprint density at radius 2 is 1.94 bits per heavy atom. The predicted octanol–water partition coefficient (Wildman–Crippen LogP) is 2.43. The maximum Gasteiger partial charge on any atom is 0.314 e. The van der Waals surface area contributed by atoms with Gasteiger partial charge in [-0.05, 0) is 49.4 Å². The number of carbonyl (C=O) groups is 1. The quantitative estimate of drug-likeness (QED) is 0.851. The minimum Gasteiger partial charge on any atom is -0.496 e. The highest BCUT2D eigenvalue weighted by atomic mass is 16.5. The van der Waals surface area contributed by atoms with Crippen LogP contribution in [-0.4, -0.2) is 18.2 Å². The molecule has 0 atom stereocenters. The molecule has 0 aromatic heterocycles. The zero-order valence-corrected chi connectivity index (χ0v) is 9.83. The molecule has 0 aliphatic heterocycles. The van der Waals surface area contributed by atoms with Crippen molar-refractivity contribution in [1.82, 2.24) is 0 Å². The Morgan fingerprint density at radius 1 is 1.31 bits per heavy atom. The number of carboxylic acids is 1. The van der Waals surface area contributed by atoms with Crippen molar-refractivity contribution < 1.29 is 14.6 Å². The van der Waals surface area contributed by atoms with Gasteiger partial charge in [0.2, 0.25) is 0 Å². The predicted molar refractivity (Wildman–Crippen MR) is 61.0 cm³/mol. The van der Waals surface area contributed by atoms with E-state index in [4.69, 9.17) is 4.74 Å². The highest BCUT2D eigenvalue weighted by Crippen LogP contribution is 2.50. The van der Waals surface area contributed by atoms with E-state index in [-0.39, 0.29) is 0 Å². The summed E-state index contributed by atoms with van der Waals surface area (Å²) in [6.45, 7) is 3.94. The van der Waals surface area contributed by atoms with E-state index in [0.29, 0.717) is 0 Å². The van der Waals surface area contributed by atoms with Crippen LogP contribution in [0.5, 0.6) is 5.75 Å². The van der Waals surface area contributed by atoms with Crippen LogP contribution in [0.25, 0.3) is 0 Å². The third-order valence-corrected chi connectivity index (χ3v) is 3.63. The van der Waals surface area contributed by atoms with Crippen LogP contribution in [0.3, 0.4) is 0 Å². The molecule has 2 rings (SSSR count). The number of methoxy groups -OCH3 is 1. The number of benzene rings is 1. The monoisotopic (exact) mass is 220 g/mol. The van der Waals surface area contributed by atoms with Crippen LogP contribution >= 0.6 is 0 Å². The third-order valence-electron chi connectivity index (χ3n) is 3.63. The highest BCUT2D eigenvalue weighted by Gasteiger charge is 2.52. The maximum atomic E-state index is 11.3. The van der Waals surface area contributed by atoms with Crippen molar-refractivity contribution in [2.45, 2.75) is 32.1 Å². The molecule has 1 aliphatic carbocycles. The van der Waals surface area contributed by atoms with Gasteiger partial charge in [0.05, 0.1) is 12.5 Å². The number of hydrogen-bond acceptors (Lipinski definition) is 2. The molecule has 1 aromatic rings. The first-order chi connectivity index (χ1) is 7.53. The van der Waals surface area contributed by atoms with Crippen molar-refractivity contribution in [3.8, 4) is 5.75 Å². The van der Waals surface area contributed by atoms with Crippen molar-refractivity contribution in [1.29, 1.82) is 0 Å². The third kappa shape index (κ3) is 1.39. The van der Waals surface area contributed by atoms with E-state index in [2.05, 4.69) is 0 Å². The highest BCUT2D eigenvalue weighted by molar-refractivity contribution is 5.85. The Morgan fingerprint density at radius 3 is 2.38 bits per heavy atom. The fraction of sp³-hybridized carbons (Fsp3) is 0.462. The van der Waals surface area contributed by atoms with Gasteiger partial charge < -0.3 is 9.84 Å². The van der Waals surface area contributed by atoms with Gasteiger partial charge in [-0.25, -0.2) is 0 Å². The van der Waals surface area contributed by atoms with Gasteiger partial charge in [-0.15, -0.1) is 0 Å². The normalized spacial score (nSPS) is 16.9. The van der Waals surface area contributed by atoms with Crippen molar-refractivity contribution in [2.75, 3.05) is 7.11 Å². The first-order valence-corrected chi connectivity index (χ1v) is 5.41. The topological polar surface area (TPSA) is 46.5 Å². The average Bonchev–Trinajstić information content (AvgIpc) is 3.03. The Hall–Kier alpha value is -1.51. The standard InChI is InChI=1S/C13H16O3/c1-8-9(2)11(16-3)5-4-10(8)13(6-7-13)12(14)15/h4-5H,6-7H2,1-3H3,(H,14,15). The molecule has 0 spiro atoms. The molecule has 3 nitrogen and oxygen atoms in total. The summed E-state index contributed by atoms with van der Waals surface area (Å²) in [6, 6.07) is 3.75. The molecule has 1 saturated carbocycles. The second-order valence-electron chi connectivity index (χ2n) is 4.45. The summed E-state index contributed by atoms with van der Waals surface area (Å²) in [5.74, 6) is 0.114. The van der Waals surface area contributed by atoms with E-state index >= 15 is 0 Å². The summed E-state index contributed by atoms with van der Waals surface area (Å²) in [7, 11) is 1.63. The smallest absolute Gasteiger partial charge is 0.314 e. The van der Waals surface area contributed by atoms with Gasteiger partial charge in [-0.3, -0.25) is 4.79 Å². The molecule has 1 N–H and O–H groups in total. The van der Waals surface area contributed by atoms with Crippen molar-refractivity contribution in [2.24, 2.45) is 0 Å². The Bertz CT molecular complexity index is 445. The first-order valence-electron chi connectivity index (χ1n) is 5.41. The lowest BCUT2D eigenvalue weighted by atomic mass is 9.89. The molecule has 0 unspecified atom stereocenters. The summed E-state index contributed by atoms with van der Waals surface area (Å²) in [4.78, 5) is 11.3. The van der Waals surface area contributed by atoms with E-state index in [1.165, 1.54) is 0 Å². The van der Waals surface area contributed by atoms with Crippen LogP contribution < -0.4 is 4.74 Å². The van der Waals surface area contributed by atoms with Gasteiger partial charge in [0.25, 0.3) is 0 Å². The molecule has 1 fully saturated rings. The van der Waals surface area contributed by atoms with E-state index in [1.54, 1.807) is 7.11 Å². The lowest BCUT2D eigenvalue weighted by Crippen LogP contribution is -2.21. The van der Waals surface area contributed by atoms with Crippen LogP contribution in [0.4, 0.5) is 0 Å². The summed E-state index contributed by atoms with van der Waals surface area (Å²) in [6.07, 6.45) is 1.49. The molecule has 0 saturated heterocycles. The SMILES string of the molecule is COc1ccc(C2(C(=O)O)CC2)c(C)c1C. The van der Waals surface area contributed by atoms with Gasteiger partial charge in [0.15, 0.2) is 0 Å². The fourth-order valence-corrected chi connectivity index (χ4v) is 2.26.